The Labute approximate surface area is 165 Å². The number of ketones is 2. The van der Waals surface area contributed by atoms with Crippen LogP contribution in [0.5, 0.6) is 0 Å². The Morgan fingerprint density at radius 1 is 0.828 bits per heavy atom. The van der Waals surface area contributed by atoms with E-state index in [1.54, 1.807) is 0 Å². The molecule has 8 heteroatoms. The van der Waals surface area contributed by atoms with Crippen molar-refractivity contribution in [3.8, 4) is 0 Å². The van der Waals surface area contributed by atoms with Crippen LogP contribution >= 0.6 is 0 Å². The van der Waals surface area contributed by atoms with Gasteiger partial charge in [-0.3, -0.25) is 9.59 Å². The van der Waals surface area contributed by atoms with Gasteiger partial charge >= 0.3 is 23.9 Å². The van der Waals surface area contributed by atoms with Crippen molar-refractivity contribution in [1.82, 2.24) is 0 Å². The Hall–Kier alpha value is -3.94. The van der Waals surface area contributed by atoms with E-state index in [1.165, 1.54) is 38.1 Å². The summed E-state index contributed by atoms with van der Waals surface area (Å²) in [6, 6.07) is 4.31. The molecule has 29 heavy (non-hydrogen) atoms. The highest BCUT2D eigenvalue weighted by atomic mass is 16.6. The van der Waals surface area contributed by atoms with Crippen molar-refractivity contribution in [1.29, 1.82) is 0 Å². The standard InChI is InChI=1S/C10H6O4.C9H6O4.C2H4/c1-5(11)6-2-3-7-8(4-6)10(13)14-9(7)12;1-4(10)5-2-6-7(3-5)9(12)13-8(6)11;1-2/h2-4H,1H3;2H,3H2,1H3;1-2H2. The van der Waals surface area contributed by atoms with Crippen molar-refractivity contribution < 1.29 is 38.2 Å². The topological polar surface area (TPSA) is 121 Å². The molecule has 0 radical (unpaired) electrons. The number of esters is 4. The largest absolute Gasteiger partial charge is 0.386 e. The molecule has 0 aromatic heterocycles. The van der Waals surface area contributed by atoms with Crippen LogP contribution in [-0.2, 0) is 23.9 Å². The minimum Gasteiger partial charge on any atom is -0.386 e. The zero-order chi connectivity index (χ0) is 21.9. The number of fused-ring (bicyclic) bond motifs is 1. The van der Waals surface area contributed by atoms with Crippen molar-refractivity contribution >= 4 is 35.4 Å². The van der Waals surface area contributed by atoms with Crippen molar-refractivity contribution in [2.75, 3.05) is 0 Å². The highest BCUT2D eigenvalue weighted by molar-refractivity contribution is 6.17. The molecule has 148 valence electrons. The van der Waals surface area contributed by atoms with Gasteiger partial charge in [-0.25, -0.2) is 19.2 Å². The first-order valence-corrected chi connectivity index (χ1v) is 8.31. The second-order valence-electron chi connectivity index (χ2n) is 5.97. The summed E-state index contributed by atoms with van der Waals surface area (Å²) >= 11 is 0. The third-order valence-electron chi connectivity index (χ3n) is 4.17. The Kier molecular flexibility index (Phi) is 6.18. The fraction of sp³-hybridized carbons (Fsp3) is 0.143. The van der Waals surface area contributed by atoms with Crippen LogP contribution in [0.2, 0.25) is 0 Å². The van der Waals surface area contributed by atoms with Crippen LogP contribution in [0.25, 0.3) is 0 Å². The molecule has 0 bridgehead atoms. The SMILES string of the molecule is C=C.CC(=O)C1=CC2=C(C1)C(=O)OC2=O.CC(=O)c1ccc2c(c1)C(=O)OC2=O. The number of hydrogen-bond acceptors (Lipinski definition) is 8. The van der Waals surface area contributed by atoms with Gasteiger partial charge in [-0.1, -0.05) is 6.07 Å². The maximum Gasteiger partial charge on any atom is 0.346 e. The first kappa shape index (κ1) is 21.4. The van der Waals surface area contributed by atoms with E-state index in [9.17, 15) is 28.8 Å². The van der Waals surface area contributed by atoms with E-state index in [-0.39, 0.29) is 34.7 Å². The van der Waals surface area contributed by atoms with Crippen LogP contribution in [0.15, 0.2) is 54.2 Å². The van der Waals surface area contributed by atoms with Gasteiger partial charge in [0.05, 0.1) is 22.3 Å². The lowest BCUT2D eigenvalue weighted by Crippen LogP contribution is -2.06. The van der Waals surface area contributed by atoms with E-state index in [1.807, 2.05) is 0 Å². The molecule has 0 atom stereocenters. The van der Waals surface area contributed by atoms with Gasteiger partial charge in [-0.15, -0.1) is 13.2 Å². The molecule has 1 aromatic rings. The monoisotopic (exact) mass is 396 g/mol. The van der Waals surface area contributed by atoms with Gasteiger partial charge in [0.25, 0.3) is 0 Å². The highest BCUT2D eigenvalue weighted by Gasteiger charge is 2.36. The summed E-state index contributed by atoms with van der Waals surface area (Å²) in [7, 11) is 0. The molecule has 4 rings (SSSR count). The fourth-order valence-electron chi connectivity index (χ4n) is 2.69. The van der Waals surface area contributed by atoms with E-state index in [0.717, 1.165) is 0 Å². The summed E-state index contributed by atoms with van der Waals surface area (Å²) in [5.41, 5.74) is 1.85. The number of rotatable bonds is 2. The smallest absolute Gasteiger partial charge is 0.346 e. The number of hydrogen-bond donors (Lipinski definition) is 0. The Bertz CT molecular complexity index is 1040. The van der Waals surface area contributed by atoms with Crippen LogP contribution in [0, 0.1) is 0 Å². The van der Waals surface area contributed by atoms with Crippen molar-refractivity contribution in [3.05, 3.63) is 70.8 Å². The first-order chi connectivity index (χ1) is 13.7. The van der Waals surface area contributed by atoms with Crippen molar-refractivity contribution in [2.45, 2.75) is 20.3 Å². The number of benzene rings is 1. The van der Waals surface area contributed by atoms with E-state index in [2.05, 4.69) is 22.6 Å². The second kappa shape index (κ2) is 8.39. The minimum absolute atomic E-state index is 0.116. The zero-order valence-electron chi connectivity index (χ0n) is 15.7. The Balaban J connectivity index is 0.000000191. The van der Waals surface area contributed by atoms with Gasteiger partial charge in [-0.2, -0.15) is 0 Å². The summed E-state index contributed by atoms with van der Waals surface area (Å²) < 4.78 is 8.73. The maximum absolute atomic E-state index is 11.1. The van der Waals surface area contributed by atoms with Gasteiger partial charge < -0.3 is 9.47 Å². The second-order valence-corrected chi connectivity index (χ2v) is 5.97. The molecule has 0 saturated carbocycles. The third-order valence-corrected chi connectivity index (χ3v) is 4.17. The molecule has 0 unspecified atom stereocenters. The van der Waals surface area contributed by atoms with Crippen molar-refractivity contribution in [3.63, 3.8) is 0 Å². The zero-order valence-corrected chi connectivity index (χ0v) is 15.7. The van der Waals surface area contributed by atoms with Gasteiger partial charge in [0.15, 0.2) is 11.6 Å². The number of carbonyl (C=O) groups is 6. The molecular weight excluding hydrogens is 380 g/mol. The first-order valence-electron chi connectivity index (χ1n) is 8.31. The lowest BCUT2D eigenvalue weighted by atomic mass is 10.0. The lowest BCUT2D eigenvalue weighted by Gasteiger charge is -1.97. The summed E-state index contributed by atoms with van der Waals surface area (Å²) in [6.07, 6.45) is 1.67. The number of allylic oxidation sites excluding steroid dienone is 1. The molecule has 2 aliphatic heterocycles. The maximum atomic E-state index is 11.1. The molecule has 2 heterocycles. The Morgan fingerprint density at radius 3 is 1.97 bits per heavy atom. The number of ether oxygens (including phenoxy) is 2. The van der Waals surface area contributed by atoms with E-state index >= 15 is 0 Å². The number of cyclic esters (lactones) is 4. The molecule has 1 aliphatic carbocycles. The van der Waals surface area contributed by atoms with Gasteiger partial charge in [0, 0.05) is 17.6 Å². The third kappa shape index (κ3) is 4.16. The molecule has 0 fully saturated rings. The van der Waals surface area contributed by atoms with Gasteiger partial charge in [0.1, 0.15) is 0 Å². The average molecular weight is 396 g/mol. The molecule has 0 N–H and O–H groups in total. The highest BCUT2D eigenvalue weighted by Crippen LogP contribution is 2.32. The normalized spacial score (nSPS) is 15.9. The predicted octanol–water partition coefficient (Wildman–Crippen LogP) is 2.29. The van der Waals surface area contributed by atoms with Crippen molar-refractivity contribution in [2.24, 2.45) is 0 Å². The molecule has 1 aromatic carbocycles. The fourth-order valence-corrected chi connectivity index (χ4v) is 2.69. The number of Topliss-reactive ketones (excluding diaryl/α,β-unsaturated/α-hetero) is 2. The predicted molar refractivity (Wildman–Crippen MR) is 99.0 cm³/mol. The Morgan fingerprint density at radius 2 is 1.41 bits per heavy atom. The van der Waals surface area contributed by atoms with Gasteiger partial charge in [-0.05, 0) is 32.1 Å². The summed E-state index contributed by atoms with van der Waals surface area (Å²) in [5, 5.41) is 0. The molecule has 3 aliphatic rings. The minimum atomic E-state index is -0.687. The lowest BCUT2D eigenvalue weighted by molar-refractivity contribution is -0.151. The van der Waals surface area contributed by atoms with Crippen LogP contribution < -0.4 is 0 Å². The van der Waals surface area contributed by atoms with Crippen LogP contribution in [-0.4, -0.2) is 35.4 Å². The molecule has 0 saturated heterocycles. The molecule has 0 amide bonds. The van der Waals surface area contributed by atoms with E-state index in [4.69, 9.17) is 0 Å². The summed E-state index contributed by atoms with van der Waals surface area (Å²) in [5.74, 6) is -2.87. The van der Waals surface area contributed by atoms with Gasteiger partial charge in [0.2, 0.25) is 0 Å². The number of carbonyl (C=O) groups excluding carboxylic acids is 6. The molecule has 0 spiro atoms. The quantitative estimate of drug-likeness (QED) is 0.323. The summed E-state index contributed by atoms with van der Waals surface area (Å²) in [6.45, 7) is 8.80. The van der Waals surface area contributed by atoms with E-state index in [0.29, 0.717) is 16.7 Å². The van der Waals surface area contributed by atoms with E-state index < -0.39 is 23.9 Å². The van der Waals surface area contributed by atoms with Crippen LogP contribution in [0.4, 0.5) is 0 Å². The van der Waals surface area contributed by atoms with Crippen LogP contribution in [0.3, 0.4) is 0 Å². The molecular formula is C21H16O8. The molecule has 8 nitrogen and oxygen atoms in total. The average Bonchev–Trinajstić information content (AvgIpc) is 3.33. The van der Waals surface area contributed by atoms with Crippen LogP contribution in [0.1, 0.15) is 51.3 Å². The summed E-state index contributed by atoms with van der Waals surface area (Å²) in [4.78, 5) is 66.0.